The minimum absolute atomic E-state index is 0.0225. The number of nitrogens with zero attached hydrogens (tertiary/aromatic N) is 3. The van der Waals surface area contributed by atoms with Gasteiger partial charge in [-0.3, -0.25) is 4.68 Å². The zero-order valence-corrected chi connectivity index (χ0v) is 14.6. The number of aromatic nitrogens is 2. The van der Waals surface area contributed by atoms with Crippen LogP contribution in [0.3, 0.4) is 0 Å². The molecule has 134 valence electrons. The number of likely N-dealkylation sites (N-methyl/N-ethyl adjacent to an activating group) is 1. The van der Waals surface area contributed by atoms with E-state index in [2.05, 4.69) is 10.4 Å². The van der Waals surface area contributed by atoms with Crippen LogP contribution in [-0.4, -0.2) is 52.6 Å². The van der Waals surface area contributed by atoms with Gasteiger partial charge in [0.2, 0.25) is 0 Å². The summed E-state index contributed by atoms with van der Waals surface area (Å²) < 4.78 is 13.5. The second-order valence-corrected chi connectivity index (χ2v) is 6.11. The topological polar surface area (TPSA) is 68.6 Å². The number of ether oxygens (including phenoxy) is 2. The van der Waals surface area contributed by atoms with E-state index in [4.69, 9.17) is 9.47 Å². The molecule has 2 atom stereocenters. The molecule has 1 aromatic carbocycles. The summed E-state index contributed by atoms with van der Waals surface area (Å²) in [5.41, 5.74) is 0. The number of benzene rings is 1. The van der Waals surface area contributed by atoms with Crippen LogP contribution in [0.4, 0.5) is 4.79 Å². The number of hydrogen-bond donors (Lipinski definition) is 1. The van der Waals surface area contributed by atoms with Crippen LogP contribution in [0.1, 0.15) is 13.8 Å². The van der Waals surface area contributed by atoms with Crippen molar-refractivity contribution >= 4 is 6.03 Å². The highest BCUT2D eigenvalue weighted by Gasteiger charge is 2.25. The number of para-hydroxylation sites is 2. The normalized spacial score (nSPS) is 17.0. The minimum atomic E-state index is -0.179. The molecule has 0 unspecified atom stereocenters. The van der Waals surface area contributed by atoms with Gasteiger partial charge in [-0.2, -0.15) is 5.10 Å². The Kier molecular flexibility index (Phi) is 5.42. The monoisotopic (exact) mass is 344 g/mol. The van der Waals surface area contributed by atoms with E-state index in [0.717, 1.165) is 11.5 Å². The lowest BCUT2D eigenvalue weighted by molar-refractivity contribution is 0.0671. The lowest BCUT2D eigenvalue weighted by atomic mass is 10.2. The summed E-state index contributed by atoms with van der Waals surface area (Å²) in [7, 11) is 0. The summed E-state index contributed by atoms with van der Waals surface area (Å²) in [5.74, 6) is 1.47. The van der Waals surface area contributed by atoms with E-state index in [0.29, 0.717) is 26.2 Å². The van der Waals surface area contributed by atoms with Crippen molar-refractivity contribution in [3.05, 3.63) is 42.7 Å². The van der Waals surface area contributed by atoms with E-state index in [9.17, 15) is 4.79 Å². The lowest BCUT2D eigenvalue weighted by Gasteiger charge is -2.31. The number of carbonyl (C=O) groups is 1. The molecular weight excluding hydrogens is 320 g/mol. The third-order valence-corrected chi connectivity index (χ3v) is 4.05. The largest absolute Gasteiger partial charge is 0.486 e. The first-order chi connectivity index (χ1) is 12.2. The van der Waals surface area contributed by atoms with Gasteiger partial charge < -0.3 is 19.7 Å². The van der Waals surface area contributed by atoms with E-state index in [1.54, 1.807) is 15.8 Å². The van der Waals surface area contributed by atoms with Crippen molar-refractivity contribution in [2.24, 2.45) is 0 Å². The van der Waals surface area contributed by atoms with E-state index < -0.39 is 0 Å². The predicted molar refractivity (Wildman–Crippen MR) is 93.8 cm³/mol. The van der Waals surface area contributed by atoms with Gasteiger partial charge in [0, 0.05) is 25.0 Å². The maximum absolute atomic E-state index is 12.5. The Hall–Kier alpha value is -2.70. The Balaban J connectivity index is 1.52. The number of carbonyl (C=O) groups excluding carboxylic acids is 1. The molecule has 0 bridgehead atoms. The summed E-state index contributed by atoms with van der Waals surface area (Å²) in [6.45, 7) is 6.06. The van der Waals surface area contributed by atoms with Crippen molar-refractivity contribution < 1.29 is 14.3 Å². The molecule has 0 aliphatic carbocycles. The molecule has 7 heteroatoms. The van der Waals surface area contributed by atoms with E-state index in [1.807, 2.05) is 50.4 Å². The summed E-state index contributed by atoms with van der Waals surface area (Å²) in [4.78, 5) is 14.3. The maximum atomic E-state index is 12.5. The van der Waals surface area contributed by atoms with Crippen molar-refractivity contribution in [3.63, 3.8) is 0 Å². The van der Waals surface area contributed by atoms with Gasteiger partial charge >= 0.3 is 6.03 Å². The van der Waals surface area contributed by atoms with Crippen LogP contribution in [0, 0.1) is 0 Å². The first-order valence-corrected chi connectivity index (χ1v) is 8.57. The van der Waals surface area contributed by atoms with Gasteiger partial charge in [-0.15, -0.1) is 0 Å². The van der Waals surface area contributed by atoms with Crippen molar-refractivity contribution in [1.82, 2.24) is 20.0 Å². The van der Waals surface area contributed by atoms with E-state index in [-0.39, 0.29) is 18.2 Å². The van der Waals surface area contributed by atoms with Gasteiger partial charge in [-0.25, -0.2) is 4.79 Å². The summed E-state index contributed by atoms with van der Waals surface area (Å²) >= 11 is 0. The van der Waals surface area contributed by atoms with Gasteiger partial charge in [-0.1, -0.05) is 12.1 Å². The van der Waals surface area contributed by atoms with E-state index in [1.165, 1.54) is 0 Å². The van der Waals surface area contributed by atoms with Gasteiger partial charge in [0.05, 0.1) is 13.1 Å². The Morgan fingerprint density at radius 1 is 1.40 bits per heavy atom. The second-order valence-electron chi connectivity index (χ2n) is 6.11. The van der Waals surface area contributed by atoms with E-state index >= 15 is 0 Å². The maximum Gasteiger partial charge on any atom is 0.317 e. The van der Waals surface area contributed by atoms with Gasteiger partial charge in [0.25, 0.3) is 0 Å². The van der Waals surface area contributed by atoms with Crippen molar-refractivity contribution in [2.75, 3.05) is 19.7 Å². The van der Waals surface area contributed by atoms with Crippen LogP contribution in [0.15, 0.2) is 42.7 Å². The Morgan fingerprint density at radius 3 is 2.92 bits per heavy atom. The Morgan fingerprint density at radius 2 is 2.20 bits per heavy atom. The Bertz CT molecular complexity index is 689. The zero-order valence-electron chi connectivity index (χ0n) is 14.6. The first-order valence-electron chi connectivity index (χ1n) is 8.57. The molecule has 0 radical (unpaired) electrons. The van der Waals surface area contributed by atoms with Crippen LogP contribution in [0.2, 0.25) is 0 Å². The first kappa shape index (κ1) is 17.1. The molecule has 2 heterocycles. The highest BCUT2D eigenvalue weighted by molar-refractivity contribution is 5.74. The molecule has 1 aromatic heterocycles. The molecule has 1 N–H and O–H groups in total. The van der Waals surface area contributed by atoms with Crippen LogP contribution >= 0.6 is 0 Å². The molecule has 7 nitrogen and oxygen atoms in total. The molecule has 0 saturated heterocycles. The molecule has 1 aliphatic rings. The van der Waals surface area contributed by atoms with Gasteiger partial charge in [0.15, 0.2) is 17.6 Å². The lowest BCUT2D eigenvalue weighted by Crippen LogP contribution is -2.50. The Labute approximate surface area is 147 Å². The standard InChI is InChI=1S/C18H24N4O3/c1-3-21(18(23)20-14(2)11-22-10-6-9-19-22)12-15-13-24-16-7-4-5-8-17(16)25-15/h4-10,14-15H,3,11-13H2,1-2H3,(H,20,23)/t14-,15-/m1/s1. The number of nitrogens with one attached hydrogen (secondary N) is 1. The van der Waals surface area contributed by atoms with Gasteiger partial charge in [-0.05, 0) is 32.0 Å². The quantitative estimate of drug-likeness (QED) is 0.872. The molecule has 25 heavy (non-hydrogen) atoms. The second kappa shape index (κ2) is 7.92. The molecule has 1 aliphatic heterocycles. The molecule has 2 amide bonds. The zero-order chi connectivity index (χ0) is 17.6. The fraction of sp³-hybridized carbons (Fsp3) is 0.444. The predicted octanol–water partition coefficient (Wildman–Crippen LogP) is 2.14. The molecule has 0 fully saturated rings. The van der Waals surface area contributed by atoms with Crippen LogP contribution in [0.5, 0.6) is 11.5 Å². The molecule has 0 spiro atoms. The number of hydrogen-bond acceptors (Lipinski definition) is 4. The van der Waals surface area contributed by atoms with Crippen molar-refractivity contribution in [3.8, 4) is 11.5 Å². The minimum Gasteiger partial charge on any atom is -0.486 e. The highest BCUT2D eigenvalue weighted by atomic mass is 16.6. The summed E-state index contributed by atoms with van der Waals surface area (Å²) in [6, 6.07) is 9.32. The van der Waals surface area contributed by atoms with Crippen molar-refractivity contribution in [1.29, 1.82) is 0 Å². The van der Waals surface area contributed by atoms with Crippen molar-refractivity contribution in [2.45, 2.75) is 32.5 Å². The molecule has 0 saturated carbocycles. The fourth-order valence-electron chi connectivity index (χ4n) is 2.79. The smallest absolute Gasteiger partial charge is 0.317 e. The fourth-order valence-corrected chi connectivity index (χ4v) is 2.79. The average molecular weight is 344 g/mol. The third-order valence-electron chi connectivity index (χ3n) is 4.05. The van der Waals surface area contributed by atoms with Crippen LogP contribution in [0.25, 0.3) is 0 Å². The third kappa shape index (κ3) is 4.43. The average Bonchev–Trinajstić information content (AvgIpc) is 3.12. The van der Waals surface area contributed by atoms with Crippen LogP contribution < -0.4 is 14.8 Å². The molecular formula is C18H24N4O3. The number of amides is 2. The van der Waals surface area contributed by atoms with Crippen LogP contribution in [-0.2, 0) is 6.54 Å². The highest BCUT2D eigenvalue weighted by Crippen LogP contribution is 2.30. The number of rotatable bonds is 6. The van der Waals surface area contributed by atoms with Gasteiger partial charge in [0.1, 0.15) is 6.61 Å². The molecule has 2 aromatic rings. The SMILES string of the molecule is CCN(C[C@@H]1COc2ccccc2O1)C(=O)N[C@H](C)Cn1cccn1. The molecule has 3 rings (SSSR count). The summed E-state index contributed by atoms with van der Waals surface area (Å²) in [5, 5.41) is 7.17. The number of fused-ring (bicyclic) bond motifs is 1. The number of urea groups is 1. The summed E-state index contributed by atoms with van der Waals surface area (Å²) in [6.07, 6.45) is 3.43.